The summed E-state index contributed by atoms with van der Waals surface area (Å²) < 4.78 is 0. The Balaban J connectivity index is 2.25. The summed E-state index contributed by atoms with van der Waals surface area (Å²) in [6, 6.07) is 7.41. The van der Waals surface area contributed by atoms with Crippen molar-refractivity contribution in [3.05, 3.63) is 29.3 Å². The molecule has 1 fully saturated rings. The molecule has 1 unspecified atom stereocenters. The Morgan fingerprint density at radius 3 is 2.78 bits per heavy atom. The molecule has 3 N–H and O–H groups in total. The molecular formula is C13H18ClN3O. The van der Waals surface area contributed by atoms with Crippen molar-refractivity contribution in [3.63, 3.8) is 0 Å². The van der Waals surface area contributed by atoms with Crippen molar-refractivity contribution in [1.82, 2.24) is 5.32 Å². The molecular weight excluding hydrogens is 250 g/mol. The standard InChI is InChI=1S/C13H18ClN3O/c14-10-2-4-11(5-3-10)17-9-1-8-16-13(18)12(17)6-7-15/h2-5,12H,1,6-9,15H2,(H,16,18). The molecule has 18 heavy (non-hydrogen) atoms. The zero-order chi connectivity index (χ0) is 13.0. The lowest BCUT2D eigenvalue weighted by molar-refractivity contribution is -0.122. The van der Waals surface area contributed by atoms with Gasteiger partial charge in [0.25, 0.3) is 0 Å². The highest BCUT2D eigenvalue weighted by Crippen LogP contribution is 2.22. The number of nitrogens with two attached hydrogens (primary N) is 1. The van der Waals surface area contributed by atoms with E-state index in [9.17, 15) is 4.79 Å². The van der Waals surface area contributed by atoms with Crippen molar-refractivity contribution < 1.29 is 4.79 Å². The second kappa shape index (κ2) is 6.07. The lowest BCUT2D eigenvalue weighted by Gasteiger charge is -2.30. The van der Waals surface area contributed by atoms with Crippen LogP contribution in [0.2, 0.25) is 5.02 Å². The van der Waals surface area contributed by atoms with Crippen molar-refractivity contribution in [1.29, 1.82) is 0 Å². The Hall–Kier alpha value is -1.26. The van der Waals surface area contributed by atoms with Crippen LogP contribution in [0.25, 0.3) is 0 Å². The molecule has 1 atom stereocenters. The predicted molar refractivity (Wildman–Crippen MR) is 73.9 cm³/mol. The first-order valence-electron chi connectivity index (χ1n) is 6.22. The number of anilines is 1. The van der Waals surface area contributed by atoms with Gasteiger partial charge in [-0.3, -0.25) is 4.79 Å². The SMILES string of the molecule is NCCC1C(=O)NCCCN1c1ccc(Cl)cc1. The summed E-state index contributed by atoms with van der Waals surface area (Å²) in [5.74, 6) is 0.0629. The lowest BCUT2D eigenvalue weighted by atomic mass is 10.1. The lowest BCUT2D eigenvalue weighted by Crippen LogP contribution is -2.45. The van der Waals surface area contributed by atoms with Gasteiger partial charge in [0, 0.05) is 23.8 Å². The van der Waals surface area contributed by atoms with Gasteiger partial charge in [0.05, 0.1) is 0 Å². The number of hydrogen-bond acceptors (Lipinski definition) is 3. The molecule has 0 aliphatic carbocycles. The van der Waals surface area contributed by atoms with Crippen LogP contribution >= 0.6 is 11.6 Å². The zero-order valence-corrected chi connectivity index (χ0v) is 11.0. The number of nitrogens with one attached hydrogen (secondary N) is 1. The number of rotatable bonds is 3. The fourth-order valence-electron chi connectivity index (χ4n) is 2.26. The topological polar surface area (TPSA) is 58.4 Å². The third-order valence-corrected chi connectivity index (χ3v) is 3.40. The third kappa shape index (κ3) is 2.94. The second-order valence-electron chi connectivity index (χ2n) is 4.41. The summed E-state index contributed by atoms with van der Waals surface area (Å²) in [5.41, 5.74) is 6.63. The molecule has 1 aliphatic rings. The van der Waals surface area contributed by atoms with Gasteiger partial charge >= 0.3 is 0 Å². The van der Waals surface area contributed by atoms with Gasteiger partial charge in [-0.25, -0.2) is 0 Å². The molecule has 5 heteroatoms. The smallest absolute Gasteiger partial charge is 0.242 e. The van der Waals surface area contributed by atoms with E-state index in [2.05, 4.69) is 10.2 Å². The largest absolute Gasteiger partial charge is 0.359 e. The van der Waals surface area contributed by atoms with Crippen LogP contribution in [0, 0.1) is 0 Å². The van der Waals surface area contributed by atoms with Crippen LogP contribution in [0.4, 0.5) is 5.69 Å². The summed E-state index contributed by atoms with van der Waals surface area (Å²) in [6.07, 6.45) is 1.60. The minimum Gasteiger partial charge on any atom is -0.359 e. The first kappa shape index (κ1) is 13.2. The van der Waals surface area contributed by atoms with Crippen molar-refractivity contribution in [2.45, 2.75) is 18.9 Å². The van der Waals surface area contributed by atoms with Crippen LogP contribution in [-0.2, 0) is 4.79 Å². The van der Waals surface area contributed by atoms with Crippen LogP contribution in [0.15, 0.2) is 24.3 Å². The highest BCUT2D eigenvalue weighted by molar-refractivity contribution is 6.30. The van der Waals surface area contributed by atoms with Gasteiger partial charge in [-0.2, -0.15) is 0 Å². The Labute approximate surface area is 112 Å². The van der Waals surface area contributed by atoms with E-state index < -0.39 is 0 Å². The molecule has 98 valence electrons. The minimum absolute atomic E-state index is 0.0629. The van der Waals surface area contributed by atoms with Crippen molar-refractivity contribution in [2.75, 3.05) is 24.5 Å². The highest BCUT2D eigenvalue weighted by Gasteiger charge is 2.27. The fraction of sp³-hybridized carbons (Fsp3) is 0.462. The average molecular weight is 268 g/mol. The quantitative estimate of drug-likeness (QED) is 0.870. The van der Waals surface area contributed by atoms with E-state index in [0.717, 1.165) is 25.2 Å². The van der Waals surface area contributed by atoms with Gasteiger partial charge in [-0.05, 0) is 43.7 Å². The molecule has 0 aromatic heterocycles. The molecule has 1 aromatic carbocycles. The maximum atomic E-state index is 12.0. The number of benzene rings is 1. The molecule has 0 saturated carbocycles. The number of halogens is 1. The van der Waals surface area contributed by atoms with E-state index in [-0.39, 0.29) is 11.9 Å². The molecule has 0 radical (unpaired) electrons. The number of hydrogen-bond donors (Lipinski definition) is 2. The molecule has 1 heterocycles. The second-order valence-corrected chi connectivity index (χ2v) is 4.84. The molecule has 2 rings (SSSR count). The summed E-state index contributed by atoms with van der Waals surface area (Å²) in [6.45, 7) is 2.08. The van der Waals surface area contributed by atoms with Gasteiger partial charge < -0.3 is 16.0 Å². The molecule has 1 aromatic rings. The Morgan fingerprint density at radius 2 is 2.11 bits per heavy atom. The monoisotopic (exact) mass is 267 g/mol. The summed E-state index contributed by atoms with van der Waals surface area (Å²) >= 11 is 5.89. The van der Waals surface area contributed by atoms with Crippen molar-refractivity contribution >= 4 is 23.2 Å². The van der Waals surface area contributed by atoms with Gasteiger partial charge in [0.2, 0.25) is 5.91 Å². The van der Waals surface area contributed by atoms with E-state index in [1.54, 1.807) is 0 Å². The summed E-state index contributed by atoms with van der Waals surface area (Å²) in [5, 5.41) is 3.63. The average Bonchev–Trinajstić information content (AvgIpc) is 2.54. The van der Waals surface area contributed by atoms with E-state index in [0.29, 0.717) is 18.0 Å². The number of nitrogens with zero attached hydrogens (tertiary/aromatic N) is 1. The predicted octanol–water partition coefficient (Wildman–Crippen LogP) is 1.38. The maximum Gasteiger partial charge on any atom is 0.242 e. The number of carbonyl (C=O) groups is 1. The number of amides is 1. The Kier molecular flexibility index (Phi) is 4.44. The van der Waals surface area contributed by atoms with Crippen LogP contribution in [0.1, 0.15) is 12.8 Å². The van der Waals surface area contributed by atoms with Gasteiger partial charge in [-0.15, -0.1) is 0 Å². The van der Waals surface area contributed by atoms with Crippen LogP contribution in [0.3, 0.4) is 0 Å². The molecule has 4 nitrogen and oxygen atoms in total. The summed E-state index contributed by atoms with van der Waals surface area (Å²) in [4.78, 5) is 14.1. The van der Waals surface area contributed by atoms with Crippen molar-refractivity contribution in [2.24, 2.45) is 5.73 Å². The van der Waals surface area contributed by atoms with Gasteiger partial charge in [0.15, 0.2) is 0 Å². The van der Waals surface area contributed by atoms with Crippen molar-refractivity contribution in [3.8, 4) is 0 Å². The fourth-order valence-corrected chi connectivity index (χ4v) is 2.39. The van der Waals surface area contributed by atoms with E-state index >= 15 is 0 Å². The van der Waals surface area contributed by atoms with Crippen LogP contribution in [-0.4, -0.2) is 31.6 Å². The molecule has 1 saturated heterocycles. The van der Waals surface area contributed by atoms with Gasteiger partial charge in [-0.1, -0.05) is 11.6 Å². The zero-order valence-electron chi connectivity index (χ0n) is 10.2. The van der Waals surface area contributed by atoms with E-state index in [4.69, 9.17) is 17.3 Å². The Morgan fingerprint density at radius 1 is 1.39 bits per heavy atom. The first-order chi connectivity index (χ1) is 8.72. The molecule has 1 amide bonds. The summed E-state index contributed by atoms with van der Waals surface area (Å²) in [7, 11) is 0. The van der Waals surface area contributed by atoms with Crippen LogP contribution in [0.5, 0.6) is 0 Å². The van der Waals surface area contributed by atoms with Crippen LogP contribution < -0.4 is 16.0 Å². The molecule has 0 bridgehead atoms. The minimum atomic E-state index is -0.182. The molecule has 1 aliphatic heterocycles. The third-order valence-electron chi connectivity index (χ3n) is 3.15. The first-order valence-corrected chi connectivity index (χ1v) is 6.60. The van der Waals surface area contributed by atoms with E-state index in [1.807, 2.05) is 24.3 Å². The van der Waals surface area contributed by atoms with E-state index in [1.165, 1.54) is 0 Å². The maximum absolute atomic E-state index is 12.0. The number of carbonyl (C=O) groups excluding carboxylic acids is 1. The highest BCUT2D eigenvalue weighted by atomic mass is 35.5. The molecule has 0 spiro atoms. The van der Waals surface area contributed by atoms with Gasteiger partial charge in [0.1, 0.15) is 6.04 Å². The normalized spacial score (nSPS) is 20.4. The Bertz CT molecular complexity index is 407.